The van der Waals surface area contributed by atoms with E-state index >= 15 is 0 Å². The summed E-state index contributed by atoms with van der Waals surface area (Å²) in [4.78, 5) is 20.4. The van der Waals surface area contributed by atoms with E-state index in [-0.39, 0.29) is 5.69 Å². The van der Waals surface area contributed by atoms with Crippen molar-refractivity contribution < 1.29 is 14.8 Å². The summed E-state index contributed by atoms with van der Waals surface area (Å²) in [6.07, 6.45) is 0. The van der Waals surface area contributed by atoms with Gasteiger partial charge in [-0.3, -0.25) is 14.9 Å². The first-order chi connectivity index (χ1) is 8.00. The van der Waals surface area contributed by atoms with Crippen LogP contribution in [0.25, 0.3) is 0 Å². The molecule has 0 aliphatic heterocycles. The van der Waals surface area contributed by atoms with Gasteiger partial charge in [-0.1, -0.05) is 12.1 Å². The highest BCUT2D eigenvalue weighted by Gasteiger charge is 2.11. The van der Waals surface area contributed by atoms with Crippen molar-refractivity contribution in [1.29, 1.82) is 0 Å². The number of hydrogen-bond donors (Lipinski definition) is 2. The van der Waals surface area contributed by atoms with E-state index in [1.165, 1.54) is 23.9 Å². The number of carboxylic acid groups (broad SMARTS) is 1. The number of nitro groups is 1. The summed E-state index contributed by atoms with van der Waals surface area (Å²) in [5, 5.41) is 19.0. The van der Waals surface area contributed by atoms with Crippen molar-refractivity contribution in [2.45, 2.75) is 11.8 Å². The zero-order valence-corrected chi connectivity index (χ0v) is 9.72. The minimum absolute atomic E-state index is 0.0426. The van der Waals surface area contributed by atoms with Crippen LogP contribution in [0.2, 0.25) is 0 Å². The van der Waals surface area contributed by atoms with Crippen LogP contribution >= 0.6 is 11.8 Å². The van der Waals surface area contributed by atoms with Gasteiger partial charge in [0.05, 0.1) is 4.92 Å². The van der Waals surface area contributed by atoms with E-state index in [2.05, 4.69) is 0 Å². The predicted octanol–water partition coefficient (Wildman–Crippen LogP) is 1.24. The summed E-state index contributed by atoms with van der Waals surface area (Å²) in [5.74, 6) is -0.133. The molecule has 0 unspecified atom stereocenters. The van der Waals surface area contributed by atoms with Crippen LogP contribution in [0.4, 0.5) is 5.69 Å². The monoisotopic (exact) mass is 256 g/mol. The third kappa shape index (κ3) is 4.41. The van der Waals surface area contributed by atoms with Crippen LogP contribution < -0.4 is 5.73 Å². The van der Waals surface area contributed by atoms with Gasteiger partial charge in [0, 0.05) is 23.6 Å². The molecular weight excluding hydrogens is 244 g/mol. The molecule has 0 fully saturated rings. The molecule has 0 amide bonds. The molecule has 0 radical (unpaired) electrons. The summed E-state index contributed by atoms with van der Waals surface area (Å²) in [6, 6.07) is 5.27. The van der Waals surface area contributed by atoms with Gasteiger partial charge in [0.15, 0.2) is 0 Å². The van der Waals surface area contributed by atoms with E-state index in [0.29, 0.717) is 11.5 Å². The summed E-state index contributed by atoms with van der Waals surface area (Å²) in [7, 11) is 0. The number of hydrogen-bond acceptors (Lipinski definition) is 5. The van der Waals surface area contributed by atoms with Crippen LogP contribution in [0, 0.1) is 10.1 Å². The molecule has 6 nitrogen and oxygen atoms in total. The highest BCUT2D eigenvalue weighted by Crippen LogP contribution is 2.17. The number of nitrogens with two attached hydrogens (primary N) is 1. The van der Waals surface area contributed by atoms with Crippen molar-refractivity contribution in [2.75, 3.05) is 5.75 Å². The van der Waals surface area contributed by atoms with E-state index in [1.807, 2.05) is 0 Å². The fourth-order valence-electron chi connectivity index (χ4n) is 1.09. The Morgan fingerprint density at radius 3 is 2.53 bits per heavy atom. The van der Waals surface area contributed by atoms with E-state index in [1.54, 1.807) is 12.1 Å². The Morgan fingerprint density at radius 1 is 1.47 bits per heavy atom. The maximum atomic E-state index is 10.4. The molecular formula is C10H12N2O4S. The number of carbonyl (C=O) groups is 1. The molecule has 1 rings (SSSR count). The van der Waals surface area contributed by atoms with Crippen LogP contribution in [0.5, 0.6) is 0 Å². The molecule has 0 spiro atoms. The molecule has 0 heterocycles. The summed E-state index contributed by atoms with van der Waals surface area (Å²) in [6.45, 7) is 0. The van der Waals surface area contributed by atoms with Gasteiger partial charge in [0.1, 0.15) is 6.04 Å². The van der Waals surface area contributed by atoms with E-state index in [4.69, 9.17) is 10.8 Å². The van der Waals surface area contributed by atoms with Crippen LogP contribution in [-0.2, 0) is 10.5 Å². The van der Waals surface area contributed by atoms with Gasteiger partial charge in [0.2, 0.25) is 0 Å². The lowest BCUT2D eigenvalue weighted by atomic mass is 10.2. The van der Waals surface area contributed by atoms with Gasteiger partial charge in [-0.15, -0.1) is 0 Å². The Morgan fingerprint density at radius 2 is 2.06 bits per heavy atom. The van der Waals surface area contributed by atoms with Crippen LogP contribution in [0.3, 0.4) is 0 Å². The molecule has 92 valence electrons. The second-order valence-corrected chi connectivity index (χ2v) is 4.41. The van der Waals surface area contributed by atoms with Crippen molar-refractivity contribution >= 4 is 23.4 Å². The topological polar surface area (TPSA) is 106 Å². The Balaban J connectivity index is 2.42. The SMILES string of the molecule is N[C@H](CSCc1ccc([N+](=O)[O-])cc1)C(=O)O. The number of carboxylic acids is 1. The minimum atomic E-state index is -1.03. The highest BCUT2D eigenvalue weighted by atomic mass is 32.2. The lowest BCUT2D eigenvalue weighted by Gasteiger charge is -2.05. The Hall–Kier alpha value is -1.60. The average Bonchev–Trinajstić information content (AvgIpc) is 2.29. The number of nitrogens with zero attached hydrogens (tertiary/aromatic N) is 1. The Bertz CT molecular complexity index is 407. The normalized spacial score (nSPS) is 12.1. The van der Waals surface area contributed by atoms with Gasteiger partial charge in [0.25, 0.3) is 5.69 Å². The van der Waals surface area contributed by atoms with Gasteiger partial charge < -0.3 is 10.8 Å². The smallest absolute Gasteiger partial charge is 0.321 e. The lowest BCUT2D eigenvalue weighted by Crippen LogP contribution is -2.32. The molecule has 1 aromatic rings. The van der Waals surface area contributed by atoms with E-state index < -0.39 is 16.9 Å². The number of nitro benzene ring substituents is 1. The summed E-state index contributed by atoms with van der Waals surface area (Å²) >= 11 is 1.38. The zero-order chi connectivity index (χ0) is 12.8. The number of aliphatic carboxylic acids is 1. The summed E-state index contributed by atoms with van der Waals surface area (Å²) < 4.78 is 0. The largest absolute Gasteiger partial charge is 0.480 e. The lowest BCUT2D eigenvalue weighted by molar-refractivity contribution is -0.384. The minimum Gasteiger partial charge on any atom is -0.480 e. The van der Waals surface area contributed by atoms with Crippen molar-refractivity contribution in [1.82, 2.24) is 0 Å². The van der Waals surface area contributed by atoms with Crippen LogP contribution in [-0.4, -0.2) is 27.8 Å². The van der Waals surface area contributed by atoms with Crippen molar-refractivity contribution in [2.24, 2.45) is 5.73 Å². The molecule has 0 aliphatic rings. The molecule has 3 N–H and O–H groups in total. The van der Waals surface area contributed by atoms with E-state index in [9.17, 15) is 14.9 Å². The number of rotatable bonds is 6. The average molecular weight is 256 g/mol. The maximum absolute atomic E-state index is 10.4. The quantitative estimate of drug-likeness (QED) is 0.585. The van der Waals surface area contributed by atoms with Gasteiger partial charge >= 0.3 is 5.97 Å². The molecule has 1 aromatic carbocycles. The number of non-ortho nitro benzene ring substituents is 1. The molecule has 0 aliphatic carbocycles. The molecule has 0 saturated carbocycles. The Labute approximate surface area is 102 Å². The van der Waals surface area contributed by atoms with Crippen molar-refractivity contribution in [3.05, 3.63) is 39.9 Å². The molecule has 17 heavy (non-hydrogen) atoms. The van der Waals surface area contributed by atoms with Crippen molar-refractivity contribution in [3.8, 4) is 0 Å². The third-order valence-electron chi connectivity index (χ3n) is 2.03. The third-order valence-corrected chi connectivity index (χ3v) is 3.16. The first-order valence-electron chi connectivity index (χ1n) is 4.80. The second-order valence-electron chi connectivity index (χ2n) is 3.38. The molecule has 0 aromatic heterocycles. The molecule has 1 atom stereocenters. The molecule has 0 bridgehead atoms. The van der Waals surface area contributed by atoms with Crippen molar-refractivity contribution in [3.63, 3.8) is 0 Å². The standard InChI is InChI=1S/C10H12N2O4S/c11-9(10(13)14)6-17-5-7-1-3-8(4-2-7)12(15)16/h1-4,9H,5-6,11H2,(H,13,14)/t9-/m1/s1. The second kappa shape index (κ2) is 6.21. The zero-order valence-electron chi connectivity index (χ0n) is 8.91. The number of benzene rings is 1. The Kier molecular flexibility index (Phi) is 4.92. The summed E-state index contributed by atoms with van der Waals surface area (Å²) in [5.41, 5.74) is 6.28. The molecule has 7 heteroatoms. The maximum Gasteiger partial charge on any atom is 0.321 e. The highest BCUT2D eigenvalue weighted by molar-refractivity contribution is 7.98. The first kappa shape index (κ1) is 13.5. The fraction of sp³-hybridized carbons (Fsp3) is 0.300. The van der Waals surface area contributed by atoms with Gasteiger partial charge in [-0.05, 0) is 5.56 Å². The van der Waals surface area contributed by atoms with Gasteiger partial charge in [-0.2, -0.15) is 11.8 Å². The fourth-order valence-corrected chi connectivity index (χ4v) is 2.03. The van der Waals surface area contributed by atoms with Gasteiger partial charge in [-0.25, -0.2) is 0 Å². The van der Waals surface area contributed by atoms with Crippen LogP contribution in [0.1, 0.15) is 5.56 Å². The molecule has 0 saturated heterocycles. The predicted molar refractivity (Wildman–Crippen MR) is 64.9 cm³/mol. The van der Waals surface area contributed by atoms with Crippen LogP contribution in [0.15, 0.2) is 24.3 Å². The van der Waals surface area contributed by atoms with E-state index in [0.717, 1.165) is 5.56 Å². The first-order valence-corrected chi connectivity index (χ1v) is 5.95. The number of thioether (sulfide) groups is 1.